The fourth-order valence-corrected chi connectivity index (χ4v) is 3.26. The van der Waals surface area contributed by atoms with Gasteiger partial charge >= 0.3 is 0 Å². The number of benzene rings is 2. The highest BCUT2D eigenvalue weighted by Gasteiger charge is 2.22. The zero-order valence-corrected chi connectivity index (χ0v) is 16.1. The molecule has 29 heavy (non-hydrogen) atoms. The molecule has 0 aliphatic carbocycles. The van der Waals surface area contributed by atoms with E-state index in [0.29, 0.717) is 40.2 Å². The summed E-state index contributed by atoms with van der Waals surface area (Å²) in [6.45, 7) is 2.21. The van der Waals surface area contributed by atoms with Crippen molar-refractivity contribution in [3.05, 3.63) is 83.0 Å². The topological polar surface area (TPSA) is 83.0 Å². The van der Waals surface area contributed by atoms with Crippen LogP contribution in [0.15, 0.2) is 65.2 Å². The molecule has 6 nitrogen and oxygen atoms in total. The third kappa shape index (κ3) is 3.58. The molecule has 0 N–H and O–H groups in total. The zero-order valence-electron chi connectivity index (χ0n) is 16.1. The van der Waals surface area contributed by atoms with Gasteiger partial charge in [0, 0.05) is 19.2 Å². The average molecular weight is 382 g/mol. The molecule has 0 radical (unpaired) electrons. The van der Waals surface area contributed by atoms with Gasteiger partial charge in [-0.2, -0.15) is 5.26 Å². The lowest BCUT2D eigenvalue weighted by Gasteiger charge is -2.18. The molecular weight excluding hydrogens is 364 g/mol. The second-order valence-corrected chi connectivity index (χ2v) is 6.84. The van der Waals surface area contributed by atoms with Crippen LogP contribution in [0.3, 0.4) is 0 Å². The monoisotopic (exact) mass is 382 g/mol. The summed E-state index contributed by atoms with van der Waals surface area (Å²) in [5.74, 6) is -0.148. The Balaban J connectivity index is 1.72. The Kier molecular flexibility index (Phi) is 4.80. The molecule has 2 heterocycles. The van der Waals surface area contributed by atoms with Crippen LogP contribution in [-0.4, -0.2) is 28.0 Å². The largest absolute Gasteiger partial charge is 0.337 e. The molecule has 0 fully saturated rings. The van der Waals surface area contributed by atoms with Crippen molar-refractivity contribution in [1.82, 2.24) is 15.0 Å². The number of aromatic nitrogens is 2. The van der Waals surface area contributed by atoms with E-state index >= 15 is 0 Å². The van der Waals surface area contributed by atoms with Crippen LogP contribution in [0.4, 0.5) is 0 Å². The number of pyridine rings is 1. The fourth-order valence-electron chi connectivity index (χ4n) is 3.26. The minimum absolute atomic E-state index is 0.148. The van der Waals surface area contributed by atoms with E-state index < -0.39 is 0 Å². The second kappa shape index (κ2) is 7.56. The van der Waals surface area contributed by atoms with Crippen molar-refractivity contribution in [3.63, 3.8) is 0 Å². The van der Waals surface area contributed by atoms with Gasteiger partial charge in [0.1, 0.15) is 0 Å². The van der Waals surface area contributed by atoms with Crippen LogP contribution in [0.2, 0.25) is 0 Å². The van der Waals surface area contributed by atoms with E-state index in [-0.39, 0.29) is 5.91 Å². The van der Waals surface area contributed by atoms with Gasteiger partial charge in [-0.05, 0) is 30.7 Å². The van der Waals surface area contributed by atoms with E-state index in [1.54, 1.807) is 37.1 Å². The van der Waals surface area contributed by atoms with Gasteiger partial charge in [-0.25, -0.2) is 4.98 Å². The van der Waals surface area contributed by atoms with E-state index in [9.17, 15) is 4.79 Å². The van der Waals surface area contributed by atoms with Crippen LogP contribution in [0.1, 0.15) is 27.2 Å². The van der Waals surface area contributed by atoms with Gasteiger partial charge in [0.05, 0.1) is 34.0 Å². The lowest BCUT2D eigenvalue weighted by atomic mass is 10.0. The summed E-state index contributed by atoms with van der Waals surface area (Å²) in [5, 5.41) is 13.6. The maximum atomic E-state index is 13.3. The van der Waals surface area contributed by atoms with E-state index in [1.807, 2.05) is 42.5 Å². The first kappa shape index (κ1) is 18.4. The van der Waals surface area contributed by atoms with Crippen LogP contribution >= 0.6 is 0 Å². The molecule has 0 bridgehead atoms. The van der Waals surface area contributed by atoms with Crippen LogP contribution in [0.25, 0.3) is 22.4 Å². The van der Waals surface area contributed by atoms with Crippen LogP contribution in [0, 0.1) is 18.3 Å². The van der Waals surface area contributed by atoms with Crippen molar-refractivity contribution in [2.24, 2.45) is 0 Å². The molecule has 0 aliphatic rings. The molecule has 4 rings (SSSR count). The molecule has 1 amide bonds. The highest BCUT2D eigenvalue weighted by molar-refractivity contribution is 6.06. The quantitative estimate of drug-likeness (QED) is 0.524. The number of carbonyl (C=O) groups excluding carboxylic acids is 1. The number of carbonyl (C=O) groups is 1. The molecule has 0 unspecified atom stereocenters. The summed E-state index contributed by atoms with van der Waals surface area (Å²) in [5.41, 5.74) is 4.56. The van der Waals surface area contributed by atoms with Gasteiger partial charge in [-0.3, -0.25) is 4.79 Å². The number of amides is 1. The number of hydrogen-bond acceptors (Lipinski definition) is 5. The Morgan fingerprint density at radius 2 is 1.86 bits per heavy atom. The van der Waals surface area contributed by atoms with E-state index in [0.717, 1.165) is 11.1 Å². The van der Waals surface area contributed by atoms with Crippen molar-refractivity contribution < 1.29 is 9.32 Å². The van der Waals surface area contributed by atoms with Gasteiger partial charge in [0.15, 0.2) is 0 Å². The predicted molar refractivity (Wildman–Crippen MR) is 109 cm³/mol. The highest BCUT2D eigenvalue weighted by atomic mass is 16.5. The summed E-state index contributed by atoms with van der Waals surface area (Å²) >= 11 is 0. The summed E-state index contributed by atoms with van der Waals surface area (Å²) in [4.78, 5) is 19.5. The summed E-state index contributed by atoms with van der Waals surface area (Å²) in [7, 11) is 1.75. The molecule has 2 aromatic heterocycles. The number of nitrogens with zero attached hydrogens (tertiary/aromatic N) is 4. The molecule has 142 valence electrons. The average Bonchev–Trinajstić information content (AvgIpc) is 3.14. The zero-order chi connectivity index (χ0) is 20.4. The van der Waals surface area contributed by atoms with Gasteiger partial charge < -0.3 is 9.42 Å². The second-order valence-electron chi connectivity index (χ2n) is 6.84. The Morgan fingerprint density at radius 1 is 1.14 bits per heavy atom. The normalized spacial score (nSPS) is 10.7. The lowest BCUT2D eigenvalue weighted by molar-refractivity contribution is 0.0787. The van der Waals surface area contributed by atoms with Crippen LogP contribution in [-0.2, 0) is 6.54 Å². The maximum absolute atomic E-state index is 13.3. The lowest BCUT2D eigenvalue weighted by Crippen LogP contribution is -2.26. The first-order valence-electron chi connectivity index (χ1n) is 9.14. The molecule has 6 heteroatoms. The summed E-state index contributed by atoms with van der Waals surface area (Å²) in [6.07, 6.45) is 0. The molecule has 0 saturated heterocycles. The Labute approximate surface area is 168 Å². The van der Waals surface area contributed by atoms with Gasteiger partial charge in [0.2, 0.25) is 0 Å². The van der Waals surface area contributed by atoms with E-state index in [2.05, 4.69) is 16.2 Å². The highest BCUT2D eigenvalue weighted by Crippen LogP contribution is 2.28. The smallest absolute Gasteiger partial charge is 0.259 e. The SMILES string of the molecule is Cc1noc2nc(-c3ccccc3)cc(C(=O)N(C)Cc3ccc(C#N)cc3)c12. The maximum Gasteiger partial charge on any atom is 0.259 e. The Bertz CT molecular complexity index is 1220. The molecular formula is C23H18N4O2. The van der Waals surface area contributed by atoms with Crippen molar-refractivity contribution >= 4 is 17.0 Å². The first-order valence-corrected chi connectivity index (χ1v) is 9.14. The number of hydrogen-bond donors (Lipinski definition) is 0. The number of fused-ring (bicyclic) bond motifs is 1. The number of aryl methyl sites for hydroxylation is 1. The third-order valence-electron chi connectivity index (χ3n) is 4.77. The third-order valence-corrected chi connectivity index (χ3v) is 4.77. The van der Waals surface area contributed by atoms with Crippen LogP contribution < -0.4 is 0 Å². The van der Waals surface area contributed by atoms with Crippen molar-refractivity contribution in [1.29, 1.82) is 5.26 Å². The number of nitriles is 1. The van der Waals surface area contributed by atoms with Crippen molar-refractivity contribution in [2.75, 3.05) is 7.05 Å². The predicted octanol–water partition coefficient (Wildman–Crippen LogP) is 4.34. The molecule has 0 saturated carbocycles. The number of rotatable bonds is 4. The Hall–Kier alpha value is -3.98. The van der Waals surface area contributed by atoms with E-state index in [1.165, 1.54) is 0 Å². The molecule has 2 aromatic carbocycles. The minimum atomic E-state index is -0.148. The van der Waals surface area contributed by atoms with E-state index in [4.69, 9.17) is 9.78 Å². The fraction of sp³-hybridized carbons (Fsp3) is 0.130. The summed E-state index contributed by atoms with van der Waals surface area (Å²) in [6, 6.07) is 20.7. The molecule has 0 atom stereocenters. The molecule has 0 aliphatic heterocycles. The van der Waals surface area contributed by atoms with Crippen molar-refractivity contribution in [3.8, 4) is 17.3 Å². The first-order chi connectivity index (χ1) is 14.1. The van der Waals surface area contributed by atoms with Crippen molar-refractivity contribution in [2.45, 2.75) is 13.5 Å². The minimum Gasteiger partial charge on any atom is -0.337 e. The van der Waals surface area contributed by atoms with Gasteiger partial charge in [-0.15, -0.1) is 0 Å². The van der Waals surface area contributed by atoms with Crippen LogP contribution in [0.5, 0.6) is 0 Å². The Morgan fingerprint density at radius 3 is 2.55 bits per heavy atom. The summed E-state index contributed by atoms with van der Waals surface area (Å²) < 4.78 is 5.36. The van der Waals surface area contributed by atoms with Gasteiger partial charge in [-0.1, -0.05) is 47.6 Å². The standard InChI is InChI=1S/C23H18N4O2/c1-15-21-19(23(28)27(2)14-17-10-8-16(13-24)9-11-17)12-20(25-22(21)29-26-15)18-6-4-3-5-7-18/h3-12H,14H2,1-2H3. The van der Waals surface area contributed by atoms with Gasteiger partial charge in [0.25, 0.3) is 11.6 Å². The molecule has 4 aromatic rings. The molecule has 0 spiro atoms.